The predicted octanol–water partition coefficient (Wildman–Crippen LogP) is 0.0892. The Morgan fingerprint density at radius 2 is 2.44 bits per heavy atom. The highest BCUT2D eigenvalue weighted by Crippen LogP contribution is 2.25. The topological polar surface area (TPSA) is 94.4 Å². The van der Waals surface area contributed by atoms with Gasteiger partial charge < -0.3 is 19.7 Å². The van der Waals surface area contributed by atoms with Gasteiger partial charge in [-0.3, -0.25) is 4.79 Å². The minimum atomic E-state index is -0.200. The number of hydrogen-bond acceptors (Lipinski definition) is 7. The summed E-state index contributed by atoms with van der Waals surface area (Å²) in [5.41, 5.74) is 0.379. The zero-order valence-electron chi connectivity index (χ0n) is 14.0. The van der Waals surface area contributed by atoms with Gasteiger partial charge in [-0.05, 0) is 12.5 Å². The lowest BCUT2D eigenvalue weighted by atomic mass is 10.2. The Morgan fingerprint density at radius 1 is 1.52 bits per heavy atom. The number of amides is 1. The van der Waals surface area contributed by atoms with Crippen LogP contribution in [0.3, 0.4) is 0 Å². The van der Waals surface area contributed by atoms with E-state index in [0.717, 1.165) is 18.8 Å². The van der Waals surface area contributed by atoms with Crippen molar-refractivity contribution in [3.8, 4) is 5.88 Å². The van der Waals surface area contributed by atoms with Crippen LogP contribution >= 0.6 is 0 Å². The van der Waals surface area contributed by atoms with Crippen LogP contribution < -0.4 is 15.0 Å². The highest BCUT2D eigenvalue weighted by molar-refractivity contribution is 5.92. The first kappa shape index (κ1) is 15.8. The molecule has 1 amide bonds. The molecule has 4 heterocycles. The number of carbonyl (C=O) groups is 1. The van der Waals surface area contributed by atoms with Crippen LogP contribution in [0.25, 0.3) is 0 Å². The van der Waals surface area contributed by atoms with Gasteiger partial charge in [-0.15, -0.1) is 0 Å². The van der Waals surface area contributed by atoms with E-state index in [1.807, 2.05) is 6.07 Å². The zero-order valence-corrected chi connectivity index (χ0v) is 14.0. The number of fused-ring (bicyclic) bond motifs is 1. The maximum atomic E-state index is 12.4. The molecule has 0 saturated carbocycles. The molecule has 4 rings (SSSR count). The quantitative estimate of drug-likeness (QED) is 0.821. The van der Waals surface area contributed by atoms with E-state index < -0.39 is 0 Å². The molecule has 1 saturated heterocycles. The van der Waals surface area contributed by atoms with E-state index in [-0.39, 0.29) is 18.1 Å². The molecule has 9 heteroatoms. The highest BCUT2D eigenvalue weighted by Gasteiger charge is 2.33. The number of nitrogens with zero attached hydrogens (tertiary/aromatic N) is 5. The molecule has 2 aliphatic heterocycles. The van der Waals surface area contributed by atoms with Crippen LogP contribution in [0, 0.1) is 0 Å². The lowest BCUT2D eigenvalue weighted by Crippen LogP contribution is -2.40. The molecule has 2 aromatic rings. The summed E-state index contributed by atoms with van der Waals surface area (Å²) in [4.78, 5) is 22.8. The van der Waals surface area contributed by atoms with E-state index >= 15 is 0 Å². The first-order chi connectivity index (χ1) is 12.2. The molecule has 25 heavy (non-hydrogen) atoms. The lowest BCUT2D eigenvalue weighted by molar-refractivity contribution is 0.0940. The number of methoxy groups -OCH3 is 1. The molecule has 0 aliphatic carbocycles. The van der Waals surface area contributed by atoms with Crippen LogP contribution in [0.15, 0.2) is 24.7 Å². The molecule has 0 aromatic carbocycles. The van der Waals surface area contributed by atoms with Gasteiger partial charge in [0.25, 0.3) is 5.91 Å². The van der Waals surface area contributed by atoms with E-state index in [1.54, 1.807) is 24.1 Å². The molecule has 0 bridgehead atoms. The van der Waals surface area contributed by atoms with Crippen molar-refractivity contribution in [3.05, 3.63) is 30.4 Å². The number of carbonyl (C=O) groups excluding carboxylic acids is 1. The molecule has 1 N–H and O–H groups in total. The average Bonchev–Trinajstić information content (AvgIpc) is 3.34. The summed E-state index contributed by atoms with van der Waals surface area (Å²) in [6.07, 6.45) is 4.17. The second-order valence-electron chi connectivity index (χ2n) is 6.12. The van der Waals surface area contributed by atoms with Gasteiger partial charge in [-0.1, -0.05) is 0 Å². The second-order valence-corrected chi connectivity index (χ2v) is 6.12. The Morgan fingerprint density at radius 3 is 3.20 bits per heavy atom. The summed E-state index contributed by atoms with van der Waals surface area (Å²) in [5.74, 6) is 1.28. The Kier molecular flexibility index (Phi) is 4.22. The van der Waals surface area contributed by atoms with Crippen LogP contribution in [-0.2, 0) is 11.3 Å². The third-order valence-electron chi connectivity index (χ3n) is 4.60. The number of anilines is 1. The summed E-state index contributed by atoms with van der Waals surface area (Å²) in [6.45, 7) is 2.52. The lowest BCUT2D eigenvalue weighted by Gasteiger charge is -2.25. The van der Waals surface area contributed by atoms with Gasteiger partial charge in [0.2, 0.25) is 5.88 Å². The van der Waals surface area contributed by atoms with Crippen LogP contribution in [0.4, 0.5) is 5.82 Å². The summed E-state index contributed by atoms with van der Waals surface area (Å²) in [7, 11) is 1.70. The van der Waals surface area contributed by atoms with E-state index in [2.05, 4.69) is 25.3 Å². The third kappa shape index (κ3) is 3.14. The van der Waals surface area contributed by atoms with Crippen molar-refractivity contribution in [2.45, 2.75) is 25.1 Å². The van der Waals surface area contributed by atoms with E-state index in [9.17, 15) is 4.79 Å². The minimum Gasteiger partial charge on any atom is -0.476 e. The second kappa shape index (κ2) is 6.67. The number of nitrogens with one attached hydrogen (secondary N) is 1. The predicted molar refractivity (Wildman–Crippen MR) is 88.6 cm³/mol. The number of ether oxygens (including phenoxy) is 2. The first-order valence-electron chi connectivity index (χ1n) is 8.29. The average molecular weight is 344 g/mol. The molecule has 0 spiro atoms. The maximum Gasteiger partial charge on any atom is 0.272 e. The summed E-state index contributed by atoms with van der Waals surface area (Å²) in [6, 6.07) is 3.65. The van der Waals surface area contributed by atoms with Crippen molar-refractivity contribution in [1.29, 1.82) is 0 Å². The van der Waals surface area contributed by atoms with Crippen LogP contribution in [0.1, 0.15) is 16.9 Å². The van der Waals surface area contributed by atoms with Crippen LogP contribution in [0.2, 0.25) is 0 Å². The van der Waals surface area contributed by atoms with E-state index in [4.69, 9.17) is 9.47 Å². The van der Waals surface area contributed by atoms with E-state index in [0.29, 0.717) is 31.3 Å². The van der Waals surface area contributed by atoms with Crippen molar-refractivity contribution < 1.29 is 14.3 Å². The van der Waals surface area contributed by atoms with Crippen LogP contribution in [-0.4, -0.2) is 64.6 Å². The summed E-state index contributed by atoms with van der Waals surface area (Å²) >= 11 is 0. The largest absolute Gasteiger partial charge is 0.476 e. The SMILES string of the molecule is CO[C@@H]1C[C@H](CNC(=O)c2cc3n(n2)CCO3)N(c2ccncn2)C1. The van der Waals surface area contributed by atoms with Gasteiger partial charge in [-0.2, -0.15) is 5.10 Å². The molecule has 2 atom stereocenters. The molecule has 2 aromatic heterocycles. The number of hydrogen-bond donors (Lipinski definition) is 1. The Balaban J connectivity index is 1.42. The molecule has 2 aliphatic rings. The van der Waals surface area contributed by atoms with Gasteiger partial charge in [-0.25, -0.2) is 14.6 Å². The van der Waals surface area contributed by atoms with Gasteiger partial charge in [0, 0.05) is 32.5 Å². The van der Waals surface area contributed by atoms with Crippen LogP contribution in [0.5, 0.6) is 5.88 Å². The third-order valence-corrected chi connectivity index (χ3v) is 4.60. The molecule has 132 valence electrons. The molecule has 9 nitrogen and oxygen atoms in total. The van der Waals surface area contributed by atoms with Gasteiger partial charge in [0.1, 0.15) is 18.8 Å². The fourth-order valence-electron chi connectivity index (χ4n) is 3.30. The Hall–Kier alpha value is -2.68. The van der Waals surface area contributed by atoms with Crippen molar-refractivity contribution in [3.63, 3.8) is 0 Å². The van der Waals surface area contributed by atoms with Gasteiger partial charge >= 0.3 is 0 Å². The van der Waals surface area contributed by atoms with Crippen molar-refractivity contribution in [1.82, 2.24) is 25.1 Å². The van der Waals surface area contributed by atoms with Gasteiger partial charge in [0.15, 0.2) is 5.69 Å². The molecule has 0 unspecified atom stereocenters. The fourth-order valence-corrected chi connectivity index (χ4v) is 3.30. The zero-order chi connectivity index (χ0) is 17.2. The van der Waals surface area contributed by atoms with Crippen molar-refractivity contribution >= 4 is 11.7 Å². The monoisotopic (exact) mass is 344 g/mol. The normalized spacial score (nSPS) is 21.9. The Labute approximate surface area is 145 Å². The highest BCUT2D eigenvalue weighted by atomic mass is 16.5. The van der Waals surface area contributed by atoms with Gasteiger partial charge in [0.05, 0.1) is 18.7 Å². The Bertz CT molecular complexity index is 728. The van der Waals surface area contributed by atoms with Crippen molar-refractivity contribution in [2.75, 3.05) is 31.7 Å². The van der Waals surface area contributed by atoms with Crippen molar-refractivity contribution in [2.24, 2.45) is 0 Å². The summed E-state index contributed by atoms with van der Waals surface area (Å²) < 4.78 is 12.6. The maximum absolute atomic E-state index is 12.4. The number of aromatic nitrogens is 4. The standard InChI is InChI=1S/C16H20N6O3/c1-24-12-6-11(21(9-12)14-2-3-17-10-19-14)8-18-16(23)13-7-15-22(20-13)4-5-25-15/h2-3,7,10-12H,4-6,8-9H2,1H3,(H,18,23)/t11-,12-/m1/s1. The number of rotatable bonds is 5. The smallest absolute Gasteiger partial charge is 0.272 e. The molecule has 0 radical (unpaired) electrons. The molecular weight excluding hydrogens is 324 g/mol. The first-order valence-corrected chi connectivity index (χ1v) is 8.29. The summed E-state index contributed by atoms with van der Waals surface area (Å²) in [5, 5.41) is 7.23. The minimum absolute atomic E-state index is 0.106. The van der Waals surface area contributed by atoms with E-state index in [1.165, 1.54) is 6.33 Å². The molecule has 1 fully saturated rings. The molecular formula is C16H20N6O3. The fraction of sp³-hybridized carbons (Fsp3) is 0.500.